The first-order valence-electron chi connectivity index (χ1n) is 16.0. The molecule has 0 unspecified atom stereocenters. The average molecular weight is 630 g/mol. The minimum atomic E-state index is -1.09. The molecule has 46 heavy (non-hydrogen) atoms. The Bertz CT molecular complexity index is 1810. The molecule has 3 aromatic rings. The number of halogens is 3. The Balaban J connectivity index is 1.19. The molecule has 1 amide bonds. The number of ether oxygens (including phenoxy) is 1. The first-order valence-corrected chi connectivity index (χ1v) is 16.0. The number of pyridine rings is 1. The van der Waals surface area contributed by atoms with Gasteiger partial charge in [-0.25, -0.2) is 13.2 Å². The van der Waals surface area contributed by atoms with E-state index in [4.69, 9.17) is 9.72 Å². The smallest absolute Gasteiger partial charge is 0.319 e. The van der Waals surface area contributed by atoms with E-state index in [1.165, 1.54) is 16.9 Å². The number of anilines is 1. The molecule has 3 saturated heterocycles. The number of piperazine rings is 1. The number of benzene rings is 1. The lowest BCUT2D eigenvalue weighted by Gasteiger charge is -2.41. The van der Waals surface area contributed by atoms with Crippen molar-refractivity contribution in [3.63, 3.8) is 0 Å². The minimum absolute atomic E-state index is 0.0332. The number of hydrogen-bond donors (Lipinski definition) is 0. The molecular weight excluding hydrogens is 595 g/mol. The number of hydrogen-bond acceptors (Lipinski definition) is 8. The topological polar surface area (TPSA) is 98.5 Å². The Morgan fingerprint density at radius 1 is 1.22 bits per heavy atom. The van der Waals surface area contributed by atoms with Gasteiger partial charge in [0.2, 0.25) is 0 Å². The lowest BCUT2D eigenvalue weighted by Crippen LogP contribution is -2.55. The third-order valence-corrected chi connectivity index (χ3v) is 10.7. The van der Waals surface area contributed by atoms with Crippen LogP contribution in [0.3, 0.4) is 0 Å². The van der Waals surface area contributed by atoms with Crippen LogP contribution in [0.2, 0.25) is 0 Å². The number of amides is 1. The first kappa shape index (κ1) is 29.2. The molecule has 1 aromatic carbocycles. The highest BCUT2D eigenvalue weighted by atomic mass is 19.1. The van der Waals surface area contributed by atoms with Crippen molar-refractivity contribution in [1.82, 2.24) is 24.8 Å². The van der Waals surface area contributed by atoms with Crippen LogP contribution in [-0.4, -0.2) is 87.7 Å². The molecule has 5 heterocycles. The van der Waals surface area contributed by atoms with Crippen LogP contribution in [0, 0.1) is 23.1 Å². The molecule has 1 saturated carbocycles. The number of carbonyl (C=O) groups is 1. The molecule has 4 fully saturated rings. The van der Waals surface area contributed by atoms with Crippen LogP contribution in [0.5, 0.6) is 6.01 Å². The summed E-state index contributed by atoms with van der Waals surface area (Å²) in [5.74, 6) is -1.02. The third kappa shape index (κ3) is 4.70. The highest BCUT2D eigenvalue weighted by molar-refractivity contribution is 5.93. The van der Waals surface area contributed by atoms with E-state index in [2.05, 4.69) is 33.6 Å². The van der Waals surface area contributed by atoms with E-state index in [0.29, 0.717) is 36.0 Å². The van der Waals surface area contributed by atoms with E-state index in [9.17, 15) is 18.8 Å². The van der Waals surface area contributed by atoms with Crippen LogP contribution in [0.15, 0.2) is 36.8 Å². The van der Waals surface area contributed by atoms with E-state index in [1.807, 2.05) is 17.0 Å². The lowest BCUT2D eigenvalue weighted by molar-refractivity contribution is -0.131. The normalized spacial score (nSPS) is 28.1. The Morgan fingerprint density at radius 2 is 2.09 bits per heavy atom. The van der Waals surface area contributed by atoms with Crippen molar-refractivity contribution in [1.29, 1.82) is 5.26 Å². The van der Waals surface area contributed by atoms with E-state index in [1.54, 1.807) is 6.20 Å². The highest BCUT2D eigenvalue weighted by Gasteiger charge is 2.50. The van der Waals surface area contributed by atoms with Crippen LogP contribution in [0.1, 0.15) is 49.1 Å². The Hall–Kier alpha value is -4.24. The number of alkyl halides is 1. The number of nitrogens with zero attached hydrogens (tertiary/aromatic N) is 7. The Labute approximate surface area is 264 Å². The maximum absolute atomic E-state index is 16.7. The molecule has 0 spiro atoms. The predicted molar refractivity (Wildman–Crippen MR) is 164 cm³/mol. The number of aromatic nitrogens is 3. The standard InChI is InChI=1S/C34H34F3N7O2/c1-19(35)32(45)44-11-10-42(17-22(44)6-8-38)31-27-15-39-29(24-5-2-4-23-25-12-20(25)13-26(23)24)28(37)30(27)40-33(41-31)46-18-34-7-3-9-43(34)16-21(36)14-34/h2,4-5,15,20-22,25H,1,3,6-7,9-14,16-18H2/t20-,21+,22-,25-,34-/m0/s1. The highest BCUT2D eigenvalue weighted by Crippen LogP contribution is 2.57. The zero-order chi connectivity index (χ0) is 31.7. The van der Waals surface area contributed by atoms with Crippen molar-refractivity contribution in [3.05, 3.63) is 53.7 Å². The maximum atomic E-state index is 16.7. The fraction of sp³-hybridized carbons (Fsp3) is 0.500. The van der Waals surface area contributed by atoms with Gasteiger partial charge in [-0.3, -0.25) is 14.7 Å². The van der Waals surface area contributed by atoms with E-state index in [0.717, 1.165) is 36.9 Å². The summed E-state index contributed by atoms with van der Waals surface area (Å²) >= 11 is 0. The third-order valence-electron chi connectivity index (χ3n) is 10.7. The van der Waals surface area contributed by atoms with Gasteiger partial charge in [0.25, 0.3) is 5.91 Å². The molecule has 12 heteroatoms. The van der Waals surface area contributed by atoms with Crippen LogP contribution < -0.4 is 9.64 Å². The van der Waals surface area contributed by atoms with Crippen LogP contribution >= 0.6 is 0 Å². The molecule has 0 bridgehead atoms. The number of nitriles is 1. The summed E-state index contributed by atoms with van der Waals surface area (Å²) in [6.45, 7) is 4.98. The molecule has 3 aliphatic heterocycles. The van der Waals surface area contributed by atoms with Gasteiger partial charge in [-0.05, 0) is 55.2 Å². The van der Waals surface area contributed by atoms with Gasteiger partial charge in [-0.2, -0.15) is 15.2 Å². The molecule has 5 aliphatic rings. The molecule has 2 aromatic heterocycles. The van der Waals surface area contributed by atoms with Gasteiger partial charge >= 0.3 is 6.01 Å². The van der Waals surface area contributed by atoms with E-state index < -0.39 is 35.3 Å². The first-order chi connectivity index (χ1) is 22.3. The lowest BCUT2D eigenvalue weighted by atomic mass is 9.95. The zero-order valence-electron chi connectivity index (χ0n) is 25.4. The van der Waals surface area contributed by atoms with Crippen molar-refractivity contribution < 1.29 is 22.7 Å². The number of rotatable bonds is 7. The van der Waals surface area contributed by atoms with Gasteiger partial charge in [0.15, 0.2) is 11.6 Å². The van der Waals surface area contributed by atoms with Gasteiger partial charge < -0.3 is 14.5 Å². The fourth-order valence-corrected chi connectivity index (χ4v) is 8.43. The van der Waals surface area contributed by atoms with E-state index >= 15 is 4.39 Å². The molecule has 238 valence electrons. The second-order valence-corrected chi connectivity index (χ2v) is 13.4. The maximum Gasteiger partial charge on any atom is 0.319 e. The summed E-state index contributed by atoms with van der Waals surface area (Å²) in [6, 6.07) is 7.39. The number of carbonyl (C=O) groups excluding carboxylic acids is 1. The second-order valence-electron chi connectivity index (χ2n) is 13.4. The van der Waals surface area contributed by atoms with Crippen molar-refractivity contribution in [2.24, 2.45) is 5.92 Å². The van der Waals surface area contributed by atoms with Gasteiger partial charge in [-0.1, -0.05) is 24.8 Å². The number of fused-ring (bicyclic) bond motifs is 5. The summed E-state index contributed by atoms with van der Waals surface area (Å²) < 4.78 is 51.2. The molecular formula is C34H34F3N7O2. The van der Waals surface area contributed by atoms with Crippen LogP contribution in [0.25, 0.3) is 22.2 Å². The second kappa shape index (κ2) is 10.9. The quantitative estimate of drug-likeness (QED) is 0.342. The molecule has 9 nitrogen and oxygen atoms in total. The van der Waals surface area contributed by atoms with Crippen molar-refractivity contribution in [2.75, 3.05) is 44.2 Å². The van der Waals surface area contributed by atoms with Gasteiger partial charge in [0.1, 0.15) is 29.8 Å². The van der Waals surface area contributed by atoms with Crippen LogP contribution in [-0.2, 0) is 11.2 Å². The zero-order valence-corrected chi connectivity index (χ0v) is 25.4. The molecule has 2 aliphatic carbocycles. The Morgan fingerprint density at radius 3 is 2.91 bits per heavy atom. The summed E-state index contributed by atoms with van der Waals surface area (Å²) in [7, 11) is 0. The SMILES string of the molecule is C=C(F)C(=O)N1CCN(c2nc(OC[C@@]34CCCN3C[C@H](F)C4)nc3c(F)c(-c4cccc5c4C[C@@H]4C[C@H]54)ncc23)C[C@@H]1CC#N. The van der Waals surface area contributed by atoms with Crippen LogP contribution in [0.4, 0.5) is 19.0 Å². The van der Waals surface area contributed by atoms with Gasteiger partial charge in [0, 0.05) is 44.4 Å². The van der Waals surface area contributed by atoms with Crippen molar-refractivity contribution in [3.8, 4) is 23.3 Å². The Kier molecular flexibility index (Phi) is 6.94. The molecule has 0 radical (unpaired) electrons. The molecule has 8 rings (SSSR count). The van der Waals surface area contributed by atoms with Gasteiger partial charge in [0.05, 0.1) is 29.5 Å². The fourth-order valence-electron chi connectivity index (χ4n) is 8.43. The summed E-state index contributed by atoms with van der Waals surface area (Å²) in [5, 5.41) is 9.86. The minimum Gasteiger partial charge on any atom is -0.461 e. The predicted octanol–water partition coefficient (Wildman–Crippen LogP) is 4.86. The molecule has 5 atom stereocenters. The summed E-state index contributed by atoms with van der Waals surface area (Å²) in [6.07, 6.45) is 4.79. The average Bonchev–Trinajstić information content (AvgIpc) is 3.39. The monoisotopic (exact) mass is 629 g/mol. The van der Waals surface area contributed by atoms with E-state index in [-0.39, 0.29) is 49.9 Å². The molecule has 0 N–H and O–H groups in total. The summed E-state index contributed by atoms with van der Waals surface area (Å²) in [4.78, 5) is 31.7. The van der Waals surface area contributed by atoms with Crippen molar-refractivity contribution in [2.45, 2.75) is 62.2 Å². The largest absolute Gasteiger partial charge is 0.461 e. The van der Waals surface area contributed by atoms with Crippen molar-refractivity contribution >= 4 is 22.6 Å². The van der Waals surface area contributed by atoms with Gasteiger partial charge in [-0.15, -0.1) is 0 Å². The summed E-state index contributed by atoms with van der Waals surface area (Å²) in [5.41, 5.74) is 2.98.